The molecule has 1 amide bonds. The quantitative estimate of drug-likeness (QED) is 0.856. The fraction of sp³-hybridized carbons (Fsp3) is 0.650. The molecular formula is C20H30N2O3. The smallest absolute Gasteiger partial charge is 0.221 e. The Bertz CT molecular complexity index is 609. The minimum Gasteiger partial charge on any atom is -0.389 e. The van der Waals surface area contributed by atoms with E-state index < -0.39 is 6.10 Å². The maximum absolute atomic E-state index is 11.8. The first-order valence-corrected chi connectivity index (χ1v) is 9.30. The number of hydrogen-bond acceptors (Lipinski definition) is 4. The van der Waals surface area contributed by atoms with Crippen LogP contribution in [0.2, 0.25) is 0 Å². The standard InChI is InChI=1S/C20H30N2O3/c1-14(2)21-17(23)8-11-22-12-9-20(10-13-22)16-7-5-4-6-15(16)18(25-3)19(20)24/h4-7,14,18-19,24H,8-13H2,1-3H3,(H,21,23)/t18-,19+/m1/s1. The summed E-state index contributed by atoms with van der Waals surface area (Å²) in [4.78, 5) is 14.2. The Morgan fingerprint density at radius 3 is 2.68 bits per heavy atom. The lowest BCUT2D eigenvalue weighted by Crippen LogP contribution is -2.48. The Kier molecular flexibility index (Phi) is 5.46. The number of rotatable bonds is 5. The molecule has 5 heteroatoms. The zero-order chi connectivity index (χ0) is 18.0. The fourth-order valence-corrected chi connectivity index (χ4v) is 4.47. The number of ether oxygens (including phenoxy) is 1. The van der Waals surface area contributed by atoms with Crippen LogP contribution < -0.4 is 5.32 Å². The van der Waals surface area contributed by atoms with Gasteiger partial charge in [-0.1, -0.05) is 24.3 Å². The predicted molar refractivity (Wildman–Crippen MR) is 97.4 cm³/mol. The summed E-state index contributed by atoms with van der Waals surface area (Å²) < 4.78 is 5.60. The van der Waals surface area contributed by atoms with Crippen LogP contribution in [0, 0.1) is 0 Å². The van der Waals surface area contributed by atoms with Gasteiger partial charge in [-0.2, -0.15) is 0 Å². The molecule has 2 atom stereocenters. The summed E-state index contributed by atoms with van der Waals surface area (Å²) in [6, 6.07) is 8.47. The molecule has 2 N–H and O–H groups in total. The number of benzene rings is 1. The van der Waals surface area contributed by atoms with Gasteiger partial charge in [0.05, 0.1) is 6.10 Å². The molecular weight excluding hydrogens is 316 g/mol. The third kappa shape index (κ3) is 3.46. The second-order valence-electron chi connectivity index (χ2n) is 7.66. The van der Waals surface area contributed by atoms with Crippen LogP contribution >= 0.6 is 0 Å². The number of likely N-dealkylation sites (tertiary alicyclic amines) is 1. The van der Waals surface area contributed by atoms with E-state index in [2.05, 4.69) is 22.3 Å². The Morgan fingerprint density at radius 2 is 2.04 bits per heavy atom. The normalized spacial score (nSPS) is 25.3. The molecule has 0 aromatic heterocycles. The minimum atomic E-state index is -0.499. The molecule has 1 aromatic rings. The first kappa shape index (κ1) is 18.4. The van der Waals surface area contributed by atoms with Gasteiger partial charge in [0, 0.05) is 31.5 Å². The maximum atomic E-state index is 11.8. The zero-order valence-corrected chi connectivity index (χ0v) is 15.5. The Labute approximate surface area is 150 Å². The molecule has 0 bridgehead atoms. The zero-order valence-electron chi connectivity index (χ0n) is 15.5. The summed E-state index contributed by atoms with van der Waals surface area (Å²) in [6.45, 7) is 6.54. The molecule has 0 radical (unpaired) electrons. The molecule has 1 aliphatic carbocycles. The van der Waals surface area contributed by atoms with E-state index in [0.29, 0.717) is 6.42 Å². The lowest BCUT2D eigenvalue weighted by molar-refractivity contribution is -0.122. The number of carbonyl (C=O) groups excluding carboxylic acids is 1. The van der Waals surface area contributed by atoms with Gasteiger partial charge in [-0.15, -0.1) is 0 Å². The average molecular weight is 346 g/mol. The number of methoxy groups -OCH3 is 1. The highest BCUT2D eigenvalue weighted by Gasteiger charge is 2.52. The van der Waals surface area contributed by atoms with Crippen LogP contribution in [0.1, 0.15) is 50.3 Å². The summed E-state index contributed by atoms with van der Waals surface area (Å²) in [6.07, 6.45) is 1.60. The molecule has 138 valence electrons. The largest absolute Gasteiger partial charge is 0.389 e. The van der Waals surface area contributed by atoms with Crippen molar-refractivity contribution in [3.05, 3.63) is 35.4 Å². The van der Waals surface area contributed by atoms with Gasteiger partial charge < -0.3 is 20.1 Å². The van der Waals surface area contributed by atoms with E-state index in [9.17, 15) is 9.90 Å². The van der Waals surface area contributed by atoms with Crippen molar-refractivity contribution in [2.45, 2.75) is 56.8 Å². The predicted octanol–water partition coefficient (Wildman–Crippen LogP) is 2.00. The molecule has 1 saturated heterocycles. The van der Waals surface area contributed by atoms with Crippen molar-refractivity contribution < 1.29 is 14.6 Å². The van der Waals surface area contributed by atoms with E-state index in [0.717, 1.165) is 38.0 Å². The minimum absolute atomic E-state index is 0.112. The summed E-state index contributed by atoms with van der Waals surface area (Å²) >= 11 is 0. The van der Waals surface area contributed by atoms with E-state index in [4.69, 9.17) is 4.74 Å². The number of aliphatic hydroxyl groups is 1. The van der Waals surface area contributed by atoms with Crippen molar-refractivity contribution >= 4 is 5.91 Å². The maximum Gasteiger partial charge on any atom is 0.221 e. The topological polar surface area (TPSA) is 61.8 Å². The Morgan fingerprint density at radius 1 is 1.36 bits per heavy atom. The number of fused-ring (bicyclic) bond motifs is 2. The first-order valence-electron chi connectivity index (χ1n) is 9.30. The second kappa shape index (κ2) is 7.44. The number of aliphatic hydroxyl groups excluding tert-OH is 1. The van der Waals surface area contributed by atoms with Gasteiger partial charge in [-0.3, -0.25) is 4.79 Å². The van der Waals surface area contributed by atoms with E-state index in [1.54, 1.807) is 7.11 Å². The highest BCUT2D eigenvalue weighted by molar-refractivity contribution is 5.76. The molecule has 0 unspecified atom stereocenters. The molecule has 1 fully saturated rings. The SMILES string of the molecule is CO[C@@H]1c2ccccc2C2(CCN(CCC(=O)NC(C)C)CC2)[C@H]1O. The van der Waals surface area contributed by atoms with Crippen LogP contribution in [0.25, 0.3) is 0 Å². The van der Waals surface area contributed by atoms with E-state index >= 15 is 0 Å². The summed E-state index contributed by atoms with van der Waals surface area (Å²) in [7, 11) is 1.67. The molecule has 2 aliphatic rings. The molecule has 5 nitrogen and oxygen atoms in total. The lowest BCUT2D eigenvalue weighted by atomic mass is 9.72. The number of amides is 1. The van der Waals surface area contributed by atoms with Crippen LogP contribution in [0.4, 0.5) is 0 Å². The van der Waals surface area contributed by atoms with E-state index in [1.807, 2.05) is 26.0 Å². The Hall–Kier alpha value is -1.43. The van der Waals surface area contributed by atoms with Crippen molar-refractivity contribution in [3.8, 4) is 0 Å². The highest BCUT2D eigenvalue weighted by Crippen LogP contribution is 2.51. The molecule has 0 saturated carbocycles. The average Bonchev–Trinajstić information content (AvgIpc) is 2.82. The summed E-state index contributed by atoms with van der Waals surface area (Å²) in [5.41, 5.74) is 2.15. The van der Waals surface area contributed by atoms with E-state index in [1.165, 1.54) is 5.56 Å². The molecule has 1 heterocycles. The number of carbonyl (C=O) groups is 1. The van der Waals surface area contributed by atoms with Gasteiger partial charge in [0.2, 0.25) is 5.91 Å². The van der Waals surface area contributed by atoms with Crippen molar-refractivity contribution in [2.24, 2.45) is 0 Å². The van der Waals surface area contributed by atoms with Crippen molar-refractivity contribution in [1.29, 1.82) is 0 Å². The molecule has 1 aliphatic heterocycles. The van der Waals surface area contributed by atoms with Gasteiger partial charge >= 0.3 is 0 Å². The van der Waals surface area contributed by atoms with Gasteiger partial charge in [0.1, 0.15) is 6.10 Å². The number of nitrogens with zero attached hydrogens (tertiary/aromatic N) is 1. The molecule has 3 rings (SSSR count). The summed E-state index contributed by atoms with van der Waals surface area (Å²) in [5.74, 6) is 0.112. The van der Waals surface area contributed by atoms with Crippen LogP contribution in [0.15, 0.2) is 24.3 Å². The number of piperidine rings is 1. The molecule has 25 heavy (non-hydrogen) atoms. The van der Waals surface area contributed by atoms with Gasteiger partial charge in [-0.25, -0.2) is 0 Å². The van der Waals surface area contributed by atoms with Crippen molar-refractivity contribution in [2.75, 3.05) is 26.7 Å². The lowest BCUT2D eigenvalue weighted by Gasteiger charge is -2.42. The fourth-order valence-electron chi connectivity index (χ4n) is 4.47. The summed E-state index contributed by atoms with van der Waals surface area (Å²) in [5, 5.41) is 13.9. The molecule has 1 aromatic carbocycles. The van der Waals surface area contributed by atoms with Gasteiger partial charge in [0.25, 0.3) is 0 Å². The highest BCUT2D eigenvalue weighted by atomic mass is 16.5. The van der Waals surface area contributed by atoms with Crippen molar-refractivity contribution in [1.82, 2.24) is 10.2 Å². The number of nitrogens with one attached hydrogen (secondary N) is 1. The number of hydrogen-bond donors (Lipinski definition) is 2. The van der Waals surface area contributed by atoms with Crippen LogP contribution in [0.5, 0.6) is 0 Å². The second-order valence-corrected chi connectivity index (χ2v) is 7.66. The Balaban J connectivity index is 1.64. The van der Waals surface area contributed by atoms with Crippen LogP contribution in [-0.4, -0.2) is 54.8 Å². The monoisotopic (exact) mass is 346 g/mol. The van der Waals surface area contributed by atoms with Gasteiger partial charge in [-0.05, 0) is 50.9 Å². The van der Waals surface area contributed by atoms with Crippen LogP contribution in [0.3, 0.4) is 0 Å². The van der Waals surface area contributed by atoms with Crippen LogP contribution in [-0.2, 0) is 14.9 Å². The first-order chi connectivity index (χ1) is 12.0. The third-order valence-corrected chi connectivity index (χ3v) is 5.76. The third-order valence-electron chi connectivity index (χ3n) is 5.76. The van der Waals surface area contributed by atoms with Gasteiger partial charge in [0.15, 0.2) is 0 Å². The van der Waals surface area contributed by atoms with E-state index in [-0.39, 0.29) is 23.5 Å². The van der Waals surface area contributed by atoms with Crippen molar-refractivity contribution in [3.63, 3.8) is 0 Å². The molecule has 1 spiro atoms.